The standard InChI is InChI=1S/C52H30OS/c1-2-15-36-31(11-1)12-10-21-37(36)33-13-9-14-34(29-33)48-39-17-3-5-19-41(39)49(42-20-6-4-18-40(42)48)35-25-28-46-45(30-35)43-26-23-32-24-27-44-38-16-7-8-22-47(38)54-52(44)50(32)51(43)53-46/h1-30H. The first-order valence-corrected chi connectivity index (χ1v) is 19.3. The second kappa shape index (κ2) is 11.4. The van der Waals surface area contributed by atoms with Gasteiger partial charge in [0.25, 0.3) is 0 Å². The lowest BCUT2D eigenvalue weighted by atomic mass is 9.85. The molecule has 0 atom stereocenters. The van der Waals surface area contributed by atoms with E-state index in [9.17, 15) is 0 Å². The first-order valence-electron chi connectivity index (χ1n) is 18.5. The van der Waals surface area contributed by atoms with Crippen LogP contribution in [0.3, 0.4) is 0 Å². The predicted molar refractivity (Wildman–Crippen MR) is 233 cm³/mol. The summed E-state index contributed by atoms with van der Waals surface area (Å²) >= 11 is 1.86. The third kappa shape index (κ3) is 4.26. The Bertz CT molecular complexity index is 3450. The minimum Gasteiger partial charge on any atom is -0.455 e. The van der Waals surface area contributed by atoms with Crippen molar-refractivity contribution < 1.29 is 4.42 Å². The number of benzene rings is 10. The Hall–Kier alpha value is -6.74. The van der Waals surface area contributed by atoms with E-state index < -0.39 is 0 Å². The van der Waals surface area contributed by atoms with E-state index >= 15 is 0 Å². The SMILES string of the molecule is c1cc(-c2cccc3ccccc23)cc(-c2c3ccccc3c(-c3ccc4oc5c(ccc6ccc7c8ccccc8sc7c65)c4c3)c3ccccc23)c1. The molecule has 0 aliphatic heterocycles. The fourth-order valence-corrected chi connectivity index (χ4v) is 10.3. The van der Waals surface area contributed by atoms with Gasteiger partial charge >= 0.3 is 0 Å². The Morgan fingerprint density at radius 2 is 0.944 bits per heavy atom. The summed E-state index contributed by atoms with van der Waals surface area (Å²) in [7, 11) is 0. The van der Waals surface area contributed by atoms with E-state index in [1.807, 2.05) is 11.3 Å². The highest BCUT2D eigenvalue weighted by Gasteiger charge is 2.20. The highest BCUT2D eigenvalue weighted by Crippen LogP contribution is 2.47. The van der Waals surface area contributed by atoms with Crippen LogP contribution in [-0.4, -0.2) is 0 Å². The van der Waals surface area contributed by atoms with Gasteiger partial charge in [0.2, 0.25) is 0 Å². The molecular weight excluding hydrogens is 673 g/mol. The lowest BCUT2D eigenvalue weighted by Gasteiger charge is -2.18. The van der Waals surface area contributed by atoms with Crippen molar-refractivity contribution in [3.05, 3.63) is 182 Å². The van der Waals surface area contributed by atoms with Gasteiger partial charge in [-0.1, -0.05) is 152 Å². The van der Waals surface area contributed by atoms with Crippen LogP contribution in [0.5, 0.6) is 0 Å². The van der Waals surface area contributed by atoms with Crippen molar-refractivity contribution in [2.24, 2.45) is 0 Å². The summed E-state index contributed by atoms with van der Waals surface area (Å²) in [6, 6.07) is 66.7. The molecule has 12 rings (SSSR count). The van der Waals surface area contributed by atoms with Crippen LogP contribution in [0.15, 0.2) is 186 Å². The normalized spacial score (nSPS) is 12.1. The molecule has 0 amide bonds. The second-order valence-corrected chi connectivity index (χ2v) is 15.4. The molecule has 0 aliphatic carbocycles. The van der Waals surface area contributed by atoms with Gasteiger partial charge in [0.1, 0.15) is 11.2 Å². The summed E-state index contributed by atoms with van der Waals surface area (Å²) in [6.07, 6.45) is 0. The monoisotopic (exact) mass is 702 g/mol. The molecule has 0 spiro atoms. The highest BCUT2D eigenvalue weighted by atomic mass is 32.1. The van der Waals surface area contributed by atoms with Gasteiger partial charge in [-0.25, -0.2) is 0 Å². The largest absolute Gasteiger partial charge is 0.455 e. The van der Waals surface area contributed by atoms with Gasteiger partial charge in [-0.3, -0.25) is 0 Å². The van der Waals surface area contributed by atoms with Crippen molar-refractivity contribution in [1.29, 1.82) is 0 Å². The van der Waals surface area contributed by atoms with Crippen molar-refractivity contribution in [3.63, 3.8) is 0 Å². The van der Waals surface area contributed by atoms with Gasteiger partial charge in [0.15, 0.2) is 0 Å². The van der Waals surface area contributed by atoms with Gasteiger partial charge in [0, 0.05) is 36.3 Å². The summed E-state index contributed by atoms with van der Waals surface area (Å²) in [6.45, 7) is 0. The second-order valence-electron chi connectivity index (χ2n) is 14.3. The summed E-state index contributed by atoms with van der Waals surface area (Å²) in [5, 5.41) is 14.8. The molecule has 10 aromatic carbocycles. The Labute approximate surface area is 314 Å². The zero-order chi connectivity index (χ0) is 35.3. The van der Waals surface area contributed by atoms with Crippen molar-refractivity contribution in [2.45, 2.75) is 0 Å². The summed E-state index contributed by atoms with van der Waals surface area (Å²) in [5.41, 5.74) is 9.27. The molecule has 54 heavy (non-hydrogen) atoms. The number of fused-ring (bicyclic) bond motifs is 12. The van der Waals surface area contributed by atoms with Crippen molar-refractivity contribution in [2.75, 3.05) is 0 Å². The van der Waals surface area contributed by atoms with Gasteiger partial charge in [-0.05, 0) is 101 Å². The number of furan rings is 1. The van der Waals surface area contributed by atoms with E-state index in [1.165, 1.54) is 96.6 Å². The third-order valence-electron chi connectivity index (χ3n) is 11.4. The summed E-state index contributed by atoms with van der Waals surface area (Å²) in [4.78, 5) is 0. The predicted octanol–water partition coefficient (Wildman–Crippen LogP) is 15.6. The average molecular weight is 703 g/mol. The highest BCUT2D eigenvalue weighted by molar-refractivity contribution is 7.26. The molecule has 0 saturated carbocycles. The fraction of sp³-hybridized carbons (Fsp3) is 0. The maximum atomic E-state index is 6.79. The molecule has 0 bridgehead atoms. The summed E-state index contributed by atoms with van der Waals surface area (Å²) in [5.74, 6) is 0. The molecule has 0 aliphatic rings. The molecule has 0 radical (unpaired) electrons. The first kappa shape index (κ1) is 29.8. The molecule has 12 aromatic rings. The molecule has 2 heteroatoms. The van der Waals surface area contributed by atoms with E-state index in [2.05, 4.69) is 182 Å². The molecule has 0 N–H and O–H groups in total. The van der Waals surface area contributed by atoms with Crippen molar-refractivity contribution >= 4 is 96.5 Å². The Balaban J connectivity index is 1.09. The van der Waals surface area contributed by atoms with E-state index in [0.717, 1.165) is 21.9 Å². The molecule has 2 aromatic heterocycles. The minimum absolute atomic E-state index is 0.912. The van der Waals surface area contributed by atoms with Gasteiger partial charge in [-0.15, -0.1) is 11.3 Å². The van der Waals surface area contributed by atoms with Gasteiger partial charge < -0.3 is 4.42 Å². The lowest BCUT2D eigenvalue weighted by Crippen LogP contribution is -1.91. The third-order valence-corrected chi connectivity index (χ3v) is 12.6. The maximum absolute atomic E-state index is 6.79. The van der Waals surface area contributed by atoms with Crippen molar-refractivity contribution in [1.82, 2.24) is 0 Å². The van der Waals surface area contributed by atoms with Crippen LogP contribution in [0.2, 0.25) is 0 Å². The van der Waals surface area contributed by atoms with Gasteiger partial charge in [-0.2, -0.15) is 0 Å². The van der Waals surface area contributed by atoms with Crippen LogP contribution in [0.25, 0.3) is 119 Å². The van der Waals surface area contributed by atoms with E-state index in [4.69, 9.17) is 4.42 Å². The topological polar surface area (TPSA) is 13.1 Å². The quantitative estimate of drug-likeness (QED) is 0.167. The summed E-state index contributed by atoms with van der Waals surface area (Å²) < 4.78 is 9.38. The molecule has 2 heterocycles. The number of hydrogen-bond acceptors (Lipinski definition) is 2. The molecule has 0 saturated heterocycles. The van der Waals surface area contributed by atoms with Crippen LogP contribution in [0, 0.1) is 0 Å². The zero-order valence-electron chi connectivity index (χ0n) is 29.1. The number of rotatable bonds is 3. The molecular formula is C52H30OS. The fourth-order valence-electron chi connectivity index (χ4n) is 9.04. The van der Waals surface area contributed by atoms with Crippen LogP contribution in [0.1, 0.15) is 0 Å². The first-order chi connectivity index (χ1) is 26.8. The van der Waals surface area contributed by atoms with E-state index in [0.29, 0.717) is 0 Å². The molecule has 250 valence electrons. The van der Waals surface area contributed by atoms with E-state index in [-0.39, 0.29) is 0 Å². The van der Waals surface area contributed by atoms with Crippen molar-refractivity contribution in [3.8, 4) is 33.4 Å². The number of hydrogen-bond donors (Lipinski definition) is 0. The Kier molecular flexibility index (Phi) is 6.28. The van der Waals surface area contributed by atoms with Crippen LogP contribution >= 0.6 is 11.3 Å². The Morgan fingerprint density at radius 3 is 1.70 bits per heavy atom. The van der Waals surface area contributed by atoms with E-state index in [1.54, 1.807) is 0 Å². The minimum atomic E-state index is 0.912. The zero-order valence-corrected chi connectivity index (χ0v) is 30.0. The molecule has 0 unspecified atom stereocenters. The number of thiophene rings is 1. The Morgan fingerprint density at radius 1 is 0.352 bits per heavy atom. The lowest BCUT2D eigenvalue weighted by molar-refractivity contribution is 0.673. The van der Waals surface area contributed by atoms with Gasteiger partial charge in [0.05, 0.1) is 0 Å². The molecule has 0 fully saturated rings. The molecule has 1 nitrogen and oxygen atoms in total. The average Bonchev–Trinajstić information content (AvgIpc) is 3.81. The maximum Gasteiger partial charge on any atom is 0.144 e. The van der Waals surface area contributed by atoms with Crippen LogP contribution in [-0.2, 0) is 0 Å². The smallest absolute Gasteiger partial charge is 0.144 e. The van der Waals surface area contributed by atoms with Crippen LogP contribution < -0.4 is 0 Å². The van der Waals surface area contributed by atoms with Crippen LogP contribution in [0.4, 0.5) is 0 Å².